The predicted molar refractivity (Wildman–Crippen MR) is 78.2 cm³/mol. The monoisotopic (exact) mass is 283 g/mol. The Morgan fingerprint density at radius 2 is 2.37 bits per heavy atom. The first-order valence-electron chi connectivity index (χ1n) is 6.98. The molecule has 0 bridgehead atoms. The van der Waals surface area contributed by atoms with Crippen molar-refractivity contribution >= 4 is 11.8 Å². The molecule has 2 unspecified atom stereocenters. The van der Waals surface area contributed by atoms with Crippen LogP contribution in [0, 0.1) is 5.82 Å². The van der Waals surface area contributed by atoms with Crippen molar-refractivity contribution in [2.75, 3.05) is 18.9 Å². The smallest absolute Gasteiger partial charge is 0.123 e. The van der Waals surface area contributed by atoms with Gasteiger partial charge in [-0.15, -0.1) is 11.8 Å². The second-order valence-corrected chi connectivity index (χ2v) is 5.97. The second kappa shape index (κ2) is 7.27. The molecule has 4 heteroatoms. The van der Waals surface area contributed by atoms with E-state index in [0.717, 1.165) is 42.2 Å². The number of hydrogen-bond donors (Lipinski definition) is 1. The minimum Gasteiger partial charge on any atom is -0.377 e. The van der Waals surface area contributed by atoms with Crippen molar-refractivity contribution in [2.45, 2.75) is 43.7 Å². The van der Waals surface area contributed by atoms with Crippen molar-refractivity contribution in [2.24, 2.45) is 0 Å². The molecule has 0 spiro atoms. The van der Waals surface area contributed by atoms with E-state index in [1.807, 2.05) is 6.07 Å². The first-order chi connectivity index (χ1) is 9.20. The van der Waals surface area contributed by atoms with Crippen LogP contribution in [0.25, 0.3) is 0 Å². The Bertz CT molecular complexity index is 407. The van der Waals surface area contributed by atoms with Crippen molar-refractivity contribution in [3.8, 4) is 0 Å². The summed E-state index contributed by atoms with van der Waals surface area (Å²) in [6, 6.07) is 5.25. The molecule has 2 rings (SSSR count). The van der Waals surface area contributed by atoms with Gasteiger partial charge in [0.2, 0.25) is 0 Å². The Balaban J connectivity index is 2.04. The van der Waals surface area contributed by atoms with Gasteiger partial charge in [0.1, 0.15) is 5.82 Å². The van der Waals surface area contributed by atoms with Gasteiger partial charge in [-0.05, 0) is 50.1 Å². The maximum absolute atomic E-state index is 13.4. The number of halogens is 1. The van der Waals surface area contributed by atoms with E-state index in [2.05, 4.69) is 19.2 Å². The van der Waals surface area contributed by atoms with Gasteiger partial charge in [-0.3, -0.25) is 0 Å². The summed E-state index contributed by atoms with van der Waals surface area (Å²) in [6.45, 7) is 5.91. The van der Waals surface area contributed by atoms with Crippen molar-refractivity contribution in [1.82, 2.24) is 5.32 Å². The van der Waals surface area contributed by atoms with Crippen LogP contribution in [0.15, 0.2) is 23.1 Å². The van der Waals surface area contributed by atoms with Crippen LogP contribution in [0.4, 0.5) is 4.39 Å². The van der Waals surface area contributed by atoms with Crippen LogP contribution in [-0.4, -0.2) is 25.0 Å². The summed E-state index contributed by atoms with van der Waals surface area (Å²) in [7, 11) is 0. The van der Waals surface area contributed by atoms with E-state index in [4.69, 9.17) is 4.74 Å². The third-order valence-electron chi connectivity index (χ3n) is 3.40. The maximum Gasteiger partial charge on any atom is 0.123 e. The topological polar surface area (TPSA) is 21.3 Å². The Kier molecular flexibility index (Phi) is 5.67. The number of nitrogens with one attached hydrogen (secondary N) is 1. The second-order valence-electron chi connectivity index (χ2n) is 4.91. The first kappa shape index (κ1) is 14.8. The molecule has 0 amide bonds. The average Bonchev–Trinajstić information content (AvgIpc) is 2.90. The van der Waals surface area contributed by atoms with Crippen LogP contribution >= 0.6 is 11.8 Å². The quantitative estimate of drug-likeness (QED) is 0.803. The average molecular weight is 283 g/mol. The van der Waals surface area contributed by atoms with E-state index in [1.165, 1.54) is 0 Å². The summed E-state index contributed by atoms with van der Waals surface area (Å²) in [6.07, 6.45) is 2.67. The normalized spacial score (nSPS) is 20.7. The fourth-order valence-electron chi connectivity index (χ4n) is 2.36. The molecule has 0 aliphatic carbocycles. The lowest BCUT2D eigenvalue weighted by Crippen LogP contribution is -2.18. The zero-order valence-corrected chi connectivity index (χ0v) is 12.4. The zero-order valence-electron chi connectivity index (χ0n) is 11.6. The standard InChI is InChI=1S/C15H22FNOS/c1-3-17-11(2)14-9-12(16)6-7-15(14)19-10-13-5-4-8-18-13/h6-7,9,11,13,17H,3-5,8,10H2,1-2H3. The van der Waals surface area contributed by atoms with Crippen LogP contribution in [-0.2, 0) is 4.74 Å². The van der Waals surface area contributed by atoms with Gasteiger partial charge in [0, 0.05) is 23.3 Å². The molecule has 1 heterocycles. The number of ether oxygens (including phenoxy) is 1. The van der Waals surface area contributed by atoms with Crippen molar-refractivity contribution < 1.29 is 9.13 Å². The third-order valence-corrected chi connectivity index (χ3v) is 4.62. The third kappa shape index (κ3) is 4.20. The Labute approximate surface area is 119 Å². The van der Waals surface area contributed by atoms with Crippen LogP contribution in [0.2, 0.25) is 0 Å². The lowest BCUT2D eigenvalue weighted by atomic mass is 10.1. The molecular formula is C15H22FNOS. The number of hydrogen-bond acceptors (Lipinski definition) is 3. The molecular weight excluding hydrogens is 261 g/mol. The van der Waals surface area contributed by atoms with Gasteiger partial charge >= 0.3 is 0 Å². The van der Waals surface area contributed by atoms with Gasteiger partial charge in [-0.2, -0.15) is 0 Å². The Morgan fingerprint density at radius 1 is 1.53 bits per heavy atom. The summed E-state index contributed by atoms with van der Waals surface area (Å²) < 4.78 is 19.1. The predicted octanol–water partition coefficient (Wildman–Crippen LogP) is 3.77. The van der Waals surface area contributed by atoms with Gasteiger partial charge < -0.3 is 10.1 Å². The fraction of sp³-hybridized carbons (Fsp3) is 0.600. The molecule has 2 nitrogen and oxygen atoms in total. The van der Waals surface area contributed by atoms with E-state index in [9.17, 15) is 4.39 Å². The molecule has 0 saturated carbocycles. The molecule has 1 fully saturated rings. The van der Waals surface area contributed by atoms with E-state index in [1.54, 1.807) is 23.9 Å². The SMILES string of the molecule is CCNC(C)c1cc(F)ccc1SCC1CCCO1. The molecule has 0 aromatic heterocycles. The van der Waals surface area contributed by atoms with Crippen molar-refractivity contribution in [3.05, 3.63) is 29.6 Å². The molecule has 106 valence electrons. The number of benzene rings is 1. The van der Waals surface area contributed by atoms with Crippen LogP contribution in [0.5, 0.6) is 0 Å². The highest BCUT2D eigenvalue weighted by molar-refractivity contribution is 7.99. The van der Waals surface area contributed by atoms with Gasteiger partial charge in [0.05, 0.1) is 6.10 Å². The molecule has 2 atom stereocenters. The minimum absolute atomic E-state index is 0.166. The Morgan fingerprint density at radius 3 is 3.05 bits per heavy atom. The van der Waals surface area contributed by atoms with E-state index in [-0.39, 0.29) is 11.9 Å². The maximum atomic E-state index is 13.4. The first-order valence-corrected chi connectivity index (χ1v) is 7.96. The fourth-order valence-corrected chi connectivity index (χ4v) is 3.56. The molecule has 1 aliphatic rings. The molecule has 0 radical (unpaired) electrons. The summed E-state index contributed by atoms with van der Waals surface area (Å²) in [4.78, 5) is 1.16. The summed E-state index contributed by atoms with van der Waals surface area (Å²) in [5, 5.41) is 3.35. The molecule has 1 aliphatic heterocycles. The van der Waals surface area contributed by atoms with E-state index >= 15 is 0 Å². The van der Waals surface area contributed by atoms with Gasteiger partial charge in [0.15, 0.2) is 0 Å². The lowest BCUT2D eigenvalue weighted by Gasteiger charge is -2.18. The summed E-state index contributed by atoms with van der Waals surface area (Å²) in [5.74, 6) is 0.790. The molecule has 1 saturated heterocycles. The van der Waals surface area contributed by atoms with Crippen molar-refractivity contribution in [3.63, 3.8) is 0 Å². The summed E-state index contributed by atoms with van der Waals surface area (Å²) >= 11 is 1.78. The molecule has 1 aromatic carbocycles. The number of thioether (sulfide) groups is 1. The van der Waals surface area contributed by atoms with Gasteiger partial charge in [-0.25, -0.2) is 4.39 Å². The van der Waals surface area contributed by atoms with Crippen LogP contribution in [0.3, 0.4) is 0 Å². The van der Waals surface area contributed by atoms with Crippen molar-refractivity contribution in [1.29, 1.82) is 0 Å². The minimum atomic E-state index is -0.166. The Hall–Kier alpha value is -0.580. The van der Waals surface area contributed by atoms with Gasteiger partial charge in [-0.1, -0.05) is 6.92 Å². The highest BCUT2D eigenvalue weighted by atomic mass is 32.2. The van der Waals surface area contributed by atoms with E-state index < -0.39 is 0 Å². The highest BCUT2D eigenvalue weighted by Gasteiger charge is 2.17. The molecule has 1 aromatic rings. The largest absolute Gasteiger partial charge is 0.377 e. The van der Waals surface area contributed by atoms with Crippen LogP contribution in [0.1, 0.15) is 38.3 Å². The van der Waals surface area contributed by atoms with Crippen LogP contribution < -0.4 is 5.32 Å². The molecule has 1 N–H and O–H groups in total. The highest BCUT2D eigenvalue weighted by Crippen LogP contribution is 2.30. The van der Waals surface area contributed by atoms with E-state index in [0.29, 0.717) is 6.10 Å². The summed E-state index contributed by atoms with van der Waals surface area (Å²) in [5.41, 5.74) is 1.05. The lowest BCUT2D eigenvalue weighted by molar-refractivity contribution is 0.129. The molecule has 19 heavy (non-hydrogen) atoms. The number of rotatable bonds is 6. The zero-order chi connectivity index (χ0) is 13.7. The van der Waals surface area contributed by atoms with Gasteiger partial charge in [0.25, 0.3) is 0 Å².